The average molecular weight is 285 g/mol. The van der Waals surface area contributed by atoms with Crippen molar-refractivity contribution in [2.24, 2.45) is 5.92 Å². The molecule has 0 unspecified atom stereocenters. The molecule has 0 amide bonds. The number of aromatic nitrogens is 1. The zero-order chi connectivity index (χ0) is 14.6. The lowest BCUT2D eigenvalue weighted by Crippen LogP contribution is -2.28. The van der Waals surface area contributed by atoms with Crippen LogP contribution in [0.4, 0.5) is 0 Å². The van der Waals surface area contributed by atoms with Crippen molar-refractivity contribution in [3.8, 4) is 0 Å². The van der Waals surface area contributed by atoms with Crippen LogP contribution in [0.25, 0.3) is 0 Å². The fraction of sp³-hybridized carbons (Fsp3) is 0.615. The Kier molecular flexibility index (Phi) is 5.05. The maximum Gasteiger partial charge on any atom is 0.320 e. The van der Waals surface area contributed by atoms with Crippen molar-refractivity contribution < 1.29 is 19.1 Å². The Morgan fingerprint density at radius 2 is 1.79 bits per heavy atom. The third-order valence-corrected chi connectivity index (χ3v) is 3.54. The molecule has 0 saturated heterocycles. The molecule has 0 radical (unpaired) electrons. The van der Waals surface area contributed by atoms with Crippen molar-refractivity contribution in [1.29, 1.82) is 0 Å². The van der Waals surface area contributed by atoms with E-state index in [1.807, 2.05) is 5.38 Å². The minimum absolute atomic E-state index is 0.0548. The van der Waals surface area contributed by atoms with E-state index in [-0.39, 0.29) is 11.8 Å². The first-order chi connectivity index (χ1) is 8.79. The van der Waals surface area contributed by atoms with Crippen molar-refractivity contribution >= 4 is 23.3 Å². The SMILES string of the molecule is COC(=O)C(Cc1nc(C(C)(C)C)cs1)C(=O)OC. The van der Waals surface area contributed by atoms with E-state index in [4.69, 9.17) is 0 Å². The number of thiazole rings is 1. The highest BCUT2D eigenvalue weighted by Gasteiger charge is 2.30. The lowest BCUT2D eigenvalue weighted by molar-refractivity contribution is -0.158. The van der Waals surface area contributed by atoms with Gasteiger partial charge in [-0.3, -0.25) is 9.59 Å². The highest BCUT2D eigenvalue weighted by molar-refractivity contribution is 7.09. The molecule has 5 nitrogen and oxygen atoms in total. The van der Waals surface area contributed by atoms with Crippen LogP contribution >= 0.6 is 11.3 Å². The molecule has 0 fully saturated rings. The van der Waals surface area contributed by atoms with Gasteiger partial charge in [0.1, 0.15) is 0 Å². The lowest BCUT2D eigenvalue weighted by Gasteiger charge is -2.14. The maximum absolute atomic E-state index is 11.6. The van der Waals surface area contributed by atoms with Gasteiger partial charge in [0.2, 0.25) is 0 Å². The molecule has 0 aliphatic carbocycles. The van der Waals surface area contributed by atoms with Gasteiger partial charge in [0.05, 0.1) is 24.9 Å². The third-order valence-electron chi connectivity index (χ3n) is 2.67. The zero-order valence-electron chi connectivity index (χ0n) is 11.9. The molecule has 6 heteroatoms. The summed E-state index contributed by atoms with van der Waals surface area (Å²) in [6.07, 6.45) is 0.208. The summed E-state index contributed by atoms with van der Waals surface area (Å²) in [5.41, 5.74) is 0.891. The molecule has 0 aliphatic heterocycles. The summed E-state index contributed by atoms with van der Waals surface area (Å²) in [7, 11) is 2.50. The van der Waals surface area contributed by atoms with Crippen molar-refractivity contribution in [2.45, 2.75) is 32.6 Å². The molecule has 1 rings (SSSR count). The fourth-order valence-electron chi connectivity index (χ4n) is 1.47. The van der Waals surface area contributed by atoms with Crippen LogP contribution in [0.15, 0.2) is 5.38 Å². The Hall–Kier alpha value is -1.43. The summed E-state index contributed by atoms with van der Waals surface area (Å²) in [5.74, 6) is -2.15. The summed E-state index contributed by atoms with van der Waals surface area (Å²) < 4.78 is 9.24. The maximum atomic E-state index is 11.6. The predicted molar refractivity (Wildman–Crippen MR) is 72.0 cm³/mol. The van der Waals surface area contributed by atoms with Gasteiger partial charge in [-0.1, -0.05) is 20.8 Å². The molecule has 106 valence electrons. The van der Waals surface area contributed by atoms with E-state index in [9.17, 15) is 9.59 Å². The van der Waals surface area contributed by atoms with Gasteiger partial charge in [-0.05, 0) is 0 Å². The predicted octanol–water partition coefficient (Wildman–Crippen LogP) is 1.95. The number of methoxy groups -OCH3 is 2. The van der Waals surface area contributed by atoms with Gasteiger partial charge in [0.25, 0.3) is 0 Å². The van der Waals surface area contributed by atoms with Crippen LogP contribution in [-0.2, 0) is 30.9 Å². The van der Waals surface area contributed by atoms with E-state index in [1.54, 1.807) is 0 Å². The van der Waals surface area contributed by atoms with Crippen LogP contribution in [-0.4, -0.2) is 31.1 Å². The summed E-state index contributed by atoms with van der Waals surface area (Å²) >= 11 is 1.43. The summed E-state index contributed by atoms with van der Waals surface area (Å²) in [6.45, 7) is 6.18. The van der Waals surface area contributed by atoms with E-state index in [0.29, 0.717) is 0 Å². The molecule has 0 atom stereocenters. The van der Waals surface area contributed by atoms with Gasteiger partial charge in [-0.2, -0.15) is 0 Å². The standard InChI is InChI=1S/C13H19NO4S/c1-13(2,3)9-7-19-10(14-9)6-8(11(15)17-4)12(16)18-5/h7-8H,6H2,1-5H3. The number of nitrogens with zero attached hydrogens (tertiary/aromatic N) is 1. The van der Waals surface area contributed by atoms with E-state index in [0.717, 1.165) is 10.7 Å². The van der Waals surface area contributed by atoms with Crippen molar-refractivity contribution in [1.82, 2.24) is 4.98 Å². The third kappa shape index (κ3) is 4.02. The smallest absolute Gasteiger partial charge is 0.320 e. The number of hydrogen-bond donors (Lipinski definition) is 0. The van der Waals surface area contributed by atoms with Crippen LogP contribution in [0.2, 0.25) is 0 Å². The lowest BCUT2D eigenvalue weighted by atomic mass is 9.93. The van der Waals surface area contributed by atoms with E-state index >= 15 is 0 Å². The minimum Gasteiger partial charge on any atom is -0.468 e. The number of rotatable bonds is 4. The summed E-state index contributed by atoms with van der Waals surface area (Å²) in [4.78, 5) is 27.6. The number of carbonyl (C=O) groups is 2. The van der Waals surface area contributed by atoms with Crippen LogP contribution in [0.1, 0.15) is 31.5 Å². The molecular formula is C13H19NO4S. The second-order valence-corrected chi connectivity index (χ2v) is 6.12. The van der Waals surface area contributed by atoms with Crippen molar-refractivity contribution in [3.63, 3.8) is 0 Å². The average Bonchev–Trinajstić information content (AvgIpc) is 2.82. The van der Waals surface area contributed by atoms with Gasteiger partial charge in [0.15, 0.2) is 5.92 Å². The Bertz CT molecular complexity index is 445. The molecule has 0 bridgehead atoms. The highest BCUT2D eigenvalue weighted by Crippen LogP contribution is 2.25. The second-order valence-electron chi connectivity index (χ2n) is 5.18. The van der Waals surface area contributed by atoms with Gasteiger partial charge < -0.3 is 9.47 Å². The first kappa shape index (κ1) is 15.6. The quantitative estimate of drug-likeness (QED) is 0.625. The van der Waals surface area contributed by atoms with Crippen molar-refractivity contribution in [3.05, 3.63) is 16.1 Å². The van der Waals surface area contributed by atoms with Gasteiger partial charge >= 0.3 is 11.9 Å². The Balaban J connectivity index is 2.88. The first-order valence-corrected chi connectivity index (χ1v) is 6.78. The van der Waals surface area contributed by atoms with Crippen LogP contribution in [0.3, 0.4) is 0 Å². The highest BCUT2D eigenvalue weighted by atomic mass is 32.1. The van der Waals surface area contributed by atoms with E-state index in [1.165, 1.54) is 25.6 Å². The number of ether oxygens (including phenoxy) is 2. The topological polar surface area (TPSA) is 65.5 Å². The number of carbonyl (C=O) groups excluding carboxylic acids is 2. The molecular weight excluding hydrogens is 266 g/mol. The fourth-order valence-corrected chi connectivity index (χ4v) is 2.54. The molecule has 0 saturated carbocycles. The number of hydrogen-bond acceptors (Lipinski definition) is 6. The molecule has 19 heavy (non-hydrogen) atoms. The normalized spacial score (nSPS) is 11.5. The van der Waals surface area contributed by atoms with Crippen LogP contribution in [0.5, 0.6) is 0 Å². The Morgan fingerprint density at radius 3 is 2.16 bits per heavy atom. The molecule has 1 aromatic heterocycles. The molecule has 0 N–H and O–H groups in total. The zero-order valence-corrected chi connectivity index (χ0v) is 12.7. The first-order valence-electron chi connectivity index (χ1n) is 5.90. The van der Waals surface area contributed by atoms with Gasteiger partial charge in [-0.15, -0.1) is 11.3 Å². The van der Waals surface area contributed by atoms with Crippen LogP contribution < -0.4 is 0 Å². The summed E-state index contributed by atoms with van der Waals surface area (Å²) in [5, 5.41) is 2.67. The minimum atomic E-state index is -0.950. The molecule has 0 aliphatic rings. The van der Waals surface area contributed by atoms with E-state index in [2.05, 4.69) is 35.2 Å². The Morgan fingerprint density at radius 1 is 1.26 bits per heavy atom. The molecule has 0 aromatic carbocycles. The summed E-state index contributed by atoms with van der Waals surface area (Å²) in [6, 6.07) is 0. The van der Waals surface area contributed by atoms with E-state index < -0.39 is 17.9 Å². The monoisotopic (exact) mass is 285 g/mol. The van der Waals surface area contributed by atoms with Crippen molar-refractivity contribution in [2.75, 3.05) is 14.2 Å². The van der Waals surface area contributed by atoms with Gasteiger partial charge in [0, 0.05) is 17.2 Å². The molecule has 1 aromatic rings. The second kappa shape index (κ2) is 6.14. The Labute approximate surface area is 116 Å². The van der Waals surface area contributed by atoms with Gasteiger partial charge in [-0.25, -0.2) is 4.98 Å². The van der Waals surface area contributed by atoms with Crippen LogP contribution in [0, 0.1) is 5.92 Å². The number of esters is 2. The largest absolute Gasteiger partial charge is 0.468 e. The molecule has 1 heterocycles. The molecule has 0 spiro atoms.